The number of nitrogens with zero attached hydrogens (tertiary/aromatic N) is 1. The summed E-state index contributed by atoms with van der Waals surface area (Å²) in [6.07, 6.45) is 5.01. The summed E-state index contributed by atoms with van der Waals surface area (Å²) in [5, 5.41) is 0. The molecule has 1 amide bonds. The van der Waals surface area contributed by atoms with Crippen molar-refractivity contribution in [1.29, 1.82) is 0 Å². The van der Waals surface area contributed by atoms with Crippen molar-refractivity contribution >= 4 is 18.3 Å². The summed E-state index contributed by atoms with van der Waals surface area (Å²) in [6.45, 7) is 2.37. The number of carbonyl (C=O) groups is 1. The molecule has 2 atom stereocenters. The first-order valence-corrected chi connectivity index (χ1v) is 5.90. The topological polar surface area (TPSA) is 55.6 Å². The van der Waals surface area contributed by atoms with Crippen LogP contribution in [0.5, 0.6) is 0 Å². The van der Waals surface area contributed by atoms with Crippen molar-refractivity contribution in [1.82, 2.24) is 4.90 Å². The van der Waals surface area contributed by atoms with E-state index in [1.807, 2.05) is 4.90 Å². The molecule has 2 aliphatic heterocycles. The summed E-state index contributed by atoms with van der Waals surface area (Å²) in [6, 6.07) is 0.182. The van der Waals surface area contributed by atoms with Crippen molar-refractivity contribution in [2.75, 3.05) is 19.7 Å². The SMILES string of the molecule is Cl.NC1CCN(C(=O)CC2CCCCO2)C1. The fourth-order valence-corrected chi connectivity index (χ4v) is 2.31. The van der Waals surface area contributed by atoms with Gasteiger partial charge in [0.1, 0.15) is 0 Å². The first kappa shape index (κ1) is 13.7. The molecule has 2 saturated heterocycles. The van der Waals surface area contributed by atoms with Gasteiger partial charge in [0.25, 0.3) is 0 Å². The largest absolute Gasteiger partial charge is 0.378 e. The van der Waals surface area contributed by atoms with Gasteiger partial charge in [-0.1, -0.05) is 0 Å². The highest BCUT2D eigenvalue weighted by Gasteiger charge is 2.26. The second-order valence-electron chi connectivity index (χ2n) is 4.58. The van der Waals surface area contributed by atoms with Crippen LogP contribution in [0.1, 0.15) is 32.1 Å². The smallest absolute Gasteiger partial charge is 0.225 e. The maximum Gasteiger partial charge on any atom is 0.225 e. The van der Waals surface area contributed by atoms with Crippen molar-refractivity contribution in [3.63, 3.8) is 0 Å². The molecule has 0 aromatic carbocycles. The normalized spacial score (nSPS) is 29.9. The second-order valence-corrected chi connectivity index (χ2v) is 4.58. The standard InChI is InChI=1S/C11H20N2O2.ClH/c12-9-4-5-13(8-9)11(14)7-10-3-1-2-6-15-10;/h9-10H,1-8,12H2;1H. The first-order chi connectivity index (χ1) is 7.25. The number of amides is 1. The van der Waals surface area contributed by atoms with E-state index >= 15 is 0 Å². The molecule has 0 aromatic rings. The van der Waals surface area contributed by atoms with Crippen LogP contribution >= 0.6 is 12.4 Å². The van der Waals surface area contributed by atoms with E-state index < -0.39 is 0 Å². The molecule has 2 aliphatic rings. The number of hydrogen-bond acceptors (Lipinski definition) is 3. The molecule has 0 aliphatic carbocycles. The number of hydrogen-bond donors (Lipinski definition) is 1. The number of likely N-dealkylation sites (tertiary alicyclic amines) is 1. The van der Waals surface area contributed by atoms with Gasteiger partial charge in [-0.2, -0.15) is 0 Å². The molecule has 2 fully saturated rings. The molecule has 0 saturated carbocycles. The summed E-state index contributed by atoms with van der Waals surface area (Å²) in [5.41, 5.74) is 5.77. The van der Waals surface area contributed by atoms with Gasteiger partial charge < -0.3 is 15.4 Å². The average molecular weight is 249 g/mol. The summed E-state index contributed by atoms with van der Waals surface area (Å²) in [4.78, 5) is 13.7. The van der Waals surface area contributed by atoms with E-state index in [-0.39, 0.29) is 30.5 Å². The Kier molecular flexibility index (Phi) is 5.52. The van der Waals surface area contributed by atoms with Crippen LogP contribution < -0.4 is 5.73 Å². The zero-order valence-corrected chi connectivity index (χ0v) is 10.4. The van der Waals surface area contributed by atoms with Crippen LogP contribution in [0.25, 0.3) is 0 Å². The van der Waals surface area contributed by atoms with E-state index in [1.165, 1.54) is 6.42 Å². The zero-order valence-electron chi connectivity index (χ0n) is 9.56. The minimum absolute atomic E-state index is 0. The molecule has 2 heterocycles. The number of carbonyl (C=O) groups excluding carboxylic acids is 1. The minimum Gasteiger partial charge on any atom is -0.378 e. The Bertz CT molecular complexity index is 232. The van der Waals surface area contributed by atoms with Gasteiger partial charge in [0.15, 0.2) is 0 Å². The lowest BCUT2D eigenvalue weighted by atomic mass is 10.1. The fourth-order valence-electron chi connectivity index (χ4n) is 2.31. The lowest BCUT2D eigenvalue weighted by Crippen LogP contribution is -2.35. The Morgan fingerprint density at radius 3 is 2.75 bits per heavy atom. The van der Waals surface area contributed by atoms with Crippen LogP contribution in [0.3, 0.4) is 0 Å². The van der Waals surface area contributed by atoms with Crippen molar-refractivity contribution in [3.8, 4) is 0 Å². The lowest BCUT2D eigenvalue weighted by molar-refractivity contribution is -0.134. The molecule has 0 bridgehead atoms. The van der Waals surface area contributed by atoms with Gasteiger partial charge in [-0.15, -0.1) is 12.4 Å². The van der Waals surface area contributed by atoms with Crippen LogP contribution in [-0.2, 0) is 9.53 Å². The van der Waals surface area contributed by atoms with Gasteiger partial charge in [0.05, 0.1) is 12.5 Å². The molecule has 0 aromatic heterocycles. The summed E-state index contributed by atoms with van der Waals surface area (Å²) in [7, 11) is 0. The van der Waals surface area contributed by atoms with Crippen LogP contribution in [0.2, 0.25) is 0 Å². The maximum atomic E-state index is 11.8. The molecule has 94 valence electrons. The van der Waals surface area contributed by atoms with Gasteiger partial charge in [0.2, 0.25) is 5.91 Å². The number of ether oxygens (including phenoxy) is 1. The molecule has 5 heteroatoms. The molecule has 2 unspecified atom stereocenters. The predicted octanol–water partition coefficient (Wildman–Crippen LogP) is 0.927. The quantitative estimate of drug-likeness (QED) is 0.791. The summed E-state index contributed by atoms with van der Waals surface area (Å²) >= 11 is 0. The monoisotopic (exact) mass is 248 g/mol. The third-order valence-corrected chi connectivity index (χ3v) is 3.25. The van der Waals surface area contributed by atoms with Crippen LogP contribution in [-0.4, -0.2) is 42.6 Å². The van der Waals surface area contributed by atoms with Crippen molar-refractivity contribution < 1.29 is 9.53 Å². The van der Waals surface area contributed by atoms with Gasteiger partial charge in [-0.25, -0.2) is 0 Å². The highest BCUT2D eigenvalue weighted by Crippen LogP contribution is 2.18. The highest BCUT2D eigenvalue weighted by molar-refractivity contribution is 5.85. The molecule has 4 nitrogen and oxygen atoms in total. The molecule has 2 rings (SSSR count). The molecule has 2 N–H and O–H groups in total. The Labute approximate surface area is 103 Å². The number of rotatable bonds is 2. The molecular weight excluding hydrogens is 228 g/mol. The molecule has 0 spiro atoms. The Morgan fingerprint density at radius 1 is 1.38 bits per heavy atom. The Morgan fingerprint density at radius 2 is 2.19 bits per heavy atom. The van der Waals surface area contributed by atoms with Crippen molar-refractivity contribution in [2.24, 2.45) is 5.73 Å². The molecule has 16 heavy (non-hydrogen) atoms. The number of nitrogens with two attached hydrogens (primary N) is 1. The Hall–Kier alpha value is -0.320. The zero-order chi connectivity index (χ0) is 10.7. The average Bonchev–Trinajstić information content (AvgIpc) is 2.66. The predicted molar refractivity (Wildman–Crippen MR) is 64.6 cm³/mol. The fraction of sp³-hybridized carbons (Fsp3) is 0.909. The van der Waals surface area contributed by atoms with Crippen LogP contribution in [0.15, 0.2) is 0 Å². The van der Waals surface area contributed by atoms with E-state index in [0.29, 0.717) is 6.42 Å². The highest BCUT2D eigenvalue weighted by atomic mass is 35.5. The van der Waals surface area contributed by atoms with Gasteiger partial charge in [0, 0.05) is 25.7 Å². The van der Waals surface area contributed by atoms with Gasteiger partial charge >= 0.3 is 0 Å². The van der Waals surface area contributed by atoms with E-state index in [2.05, 4.69) is 0 Å². The van der Waals surface area contributed by atoms with E-state index in [1.54, 1.807) is 0 Å². The maximum absolute atomic E-state index is 11.8. The van der Waals surface area contributed by atoms with Gasteiger partial charge in [-0.3, -0.25) is 4.79 Å². The van der Waals surface area contributed by atoms with Crippen molar-refractivity contribution in [3.05, 3.63) is 0 Å². The lowest BCUT2D eigenvalue weighted by Gasteiger charge is -2.24. The van der Waals surface area contributed by atoms with Crippen LogP contribution in [0, 0.1) is 0 Å². The Balaban J connectivity index is 0.00000128. The molecular formula is C11H21ClN2O2. The van der Waals surface area contributed by atoms with Crippen molar-refractivity contribution in [2.45, 2.75) is 44.2 Å². The summed E-state index contributed by atoms with van der Waals surface area (Å²) in [5.74, 6) is 0.217. The third kappa shape index (κ3) is 3.61. The summed E-state index contributed by atoms with van der Waals surface area (Å²) < 4.78 is 5.56. The molecule has 0 radical (unpaired) electrons. The van der Waals surface area contributed by atoms with Crippen LogP contribution in [0.4, 0.5) is 0 Å². The van der Waals surface area contributed by atoms with E-state index in [4.69, 9.17) is 10.5 Å². The van der Waals surface area contributed by atoms with Gasteiger partial charge in [-0.05, 0) is 25.7 Å². The number of halogens is 1. The van der Waals surface area contributed by atoms with E-state index in [9.17, 15) is 4.79 Å². The minimum atomic E-state index is 0. The first-order valence-electron chi connectivity index (χ1n) is 5.90. The van der Waals surface area contributed by atoms with E-state index in [0.717, 1.165) is 39.0 Å². The third-order valence-electron chi connectivity index (χ3n) is 3.25. The second kappa shape index (κ2) is 6.42.